The number of benzene rings is 2. The second kappa shape index (κ2) is 9.67. The van der Waals surface area contributed by atoms with Gasteiger partial charge in [-0.05, 0) is 54.4 Å². The number of carbonyl (C=O) groups excluding carboxylic acids is 3. The van der Waals surface area contributed by atoms with Gasteiger partial charge in [0.15, 0.2) is 12.4 Å². The molecule has 0 aliphatic rings. The van der Waals surface area contributed by atoms with E-state index in [-0.39, 0.29) is 17.6 Å². The standard InChI is InChI=1S/C20H19BrClNO4/c1-12(2)18(23-19(25)14-3-7-15(21)8-4-14)20(26)27-11-17(24)13-5-9-16(22)10-6-13/h3-10,12,18H,11H2,1-2H3,(H,23,25). The predicted molar refractivity (Wildman–Crippen MR) is 107 cm³/mol. The minimum Gasteiger partial charge on any atom is -0.456 e. The van der Waals surface area contributed by atoms with Crippen LogP contribution in [0.3, 0.4) is 0 Å². The number of carbonyl (C=O) groups is 3. The number of hydrogen-bond acceptors (Lipinski definition) is 4. The Labute approximate surface area is 171 Å². The Morgan fingerprint density at radius 2 is 1.56 bits per heavy atom. The summed E-state index contributed by atoms with van der Waals surface area (Å²) < 4.78 is 5.97. The van der Waals surface area contributed by atoms with Gasteiger partial charge in [0.05, 0.1) is 0 Å². The topological polar surface area (TPSA) is 72.5 Å². The van der Waals surface area contributed by atoms with Gasteiger partial charge in [-0.15, -0.1) is 0 Å². The largest absolute Gasteiger partial charge is 0.456 e. The van der Waals surface area contributed by atoms with Crippen LogP contribution < -0.4 is 5.32 Å². The normalized spacial score (nSPS) is 11.7. The van der Waals surface area contributed by atoms with Crippen LogP contribution in [-0.4, -0.2) is 30.3 Å². The van der Waals surface area contributed by atoms with Gasteiger partial charge in [0.25, 0.3) is 5.91 Å². The van der Waals surface area contributed by atoms with Crippen LogP contribution in [0, 0.1) is 5.92 Å². The van der Waals surface area contributed by atoms with Crippen molar-refractivity contribution in [3.8, 4) is 0 Å². The van der Waals surface area contributed by atoms with E-state index in [1.165, 1.54) is 0 Å². The third kappa shape index (κ3) is 6.19. The molecule has 0 spiro atoms. The third-order valence-corrected chi connectivity index (χ3v) is 4.61. The highest BCUT2D eigenvalue weighted by atomic mass is 79.9. The first-order valence-electron chi connectivity index (χ1n) is 8.29. The highest BCUT2D eigenvalue weighted by molar-refractivity contribution is 9.10. The van der Waals surface area contributed by atoms with E-state index in [1.54, 1.807) is 62.4 Å². The van der Waals surface area contributed by atoms with E-state index in [0.717, 1.165) is 4.47 Å². The molecule has 5 nitrogen and oxygen atoms in total. The van der Waals surface area contributed by atoms with Crippen molar-refractivity contribution in [1.29, 1.82) is 0 Å². The summed E-state index contributed by atoms with van der Waals surface area (Å²) in [5.41, 5.74) is 0.820. The van der Waals surface area contributed by atoms with Crippen molar-refractivity contribution in [3.63, 3.8) is 0 Å². The molecule has 1 atom stereocenters. The van der Waals surface area contributed by atoms with E-state index in [0.29, 0.717) is 16.1 Å². The molecule has 7 heteroatoms. The number of halogens is 2. The molecule has 142 valence electrons. The molecule has 2 rings (SSSR count). The van der Waals surface area contributed by atoms with Gasteiger partial charge in [0.2, 0.25) is 0 Å². The van der Waals surface area contributed by atoms with Crippen molar-refractivity contribution in [1.82, 2.24) is 5.32 Å². The van der Waals surface area contributed by atoms with Crippen LogP contribution >= 0.6 is 27.5 Å². The van der Waals surface area contributed by atoms with Crippen molar-refractivity contribution in [2.45, 2.75) is 19.9 Å². The van der Waals surface area contributed by atoms with E-state index in [1.807, 2.05) is 0 Å². The average Bonchev–Trinajstić information content (AvgIpc) is 2.64. The lowest BCUT2D eigenvalue weighted by Gasteiger charge is -2.20. The number of rotatable bonds is 7. The summed E-state index contributed by atoms with van der Waals surface area (Å²) in [4.78, 5) is 36.8. The molecule has 0 saturated carbocycles. The van der Waals surface area contributed by atoms with Crippen molar-refractivity contribution in [3.05, 3.63) is 69.2 Å². The van der Waals surface area contributed by atoms with Crippen LogP contribution in [0.1, 0.15) is 34.6 Å². The first-order chi connectivity index (χ1) is 12.8. The molecule has 1 unspecified atom stereocenters. The van der Waals surface area contributed by atoms with Crippen LogP contribution in [0.15, 0.2) is 53.0 Å². The zero-order valence-corrected chi connectivity index (χ0v) is 17.2. The lowest BCUT2D eigenvalue weighted by Crippen LogP contribution is -2.45. The molecule has 2 aromatic carbocycles. The Kier molecular flexibility index (Phi) is 7.56. The molecule has 0 radical (unpaired) electrons. The number of ether oxygens (including phenoxy) is 1. The number of Topliss-reactive ketones (excluding diaryl/α,β-unsaturated/α-hetero) is 1. The Morgan fingerprint density at radius 1 is 1.00 bits per heavy atom. The molecule has 2 aromatic rings. The van der Waals surface area contributed by atoms with Crippen LogP contribution in [0.25, 0.3) is 0 Å². The predicted octanol–water partition coefficient (Wildman–Crippen LogP) is 4.28. The number of ketones is 1. The number of nitrogens with one attached hydrogen (secondary N) is 1. The van der Waals surface area contributed by atoms with Crippen LogP contribution in [0.2, 0.25) is 5.02 Å². The molecule has 0 saturated heterocycles. The molecule has 1 amide bonds. The van der Waals surface area contributed by atoms with Crippen molar-refractivity contribution in [2.24, 2.45) is 5.92 Å². The summed E-state index contributed by atoms with van der Waals surface area (Å²) in [5.74, 6) is -1.59. The van der Waals surface area contributed by atoms with E-state index in [2.05, 4.69) is 21.2 Å². The maximum Gasteiger partial charge on any atom is 0.329 e. The number of esters is 1. The zero-order chi connectivity index (χ0) is 20.0. The Morgan fingerprint density at radius 3 is 2.11 bits per heavy atom. The molecule has 27 heavy (non-hydrogen) atoms. The number of amides is 1. The van der Waals surface area contributed by atoms with Crippen molar-refractivity contribution < 1.29 is 19.1 Å². The van der Waals surface area contributed by atoms with Crippen molar-refractivity contribution >= 4 is 45.2 Å². The fraction of sp³-hybridized carbons (Fsp3) is 0.250. The fourth-order valence-electron chi connectivity index (χ4n) is 2.27. The Hall–Kier alpha value is -2.18. The lowest BCUT2D eigenvalue weighted by molar-refractivity contribution is -0.145. The van der Waals surface area contributed by atoms with Gasteiger partial charge in [0, 0.05) is 20.6 Å². The van der Waals surface area contributed by atoms with Gasteiger partial charge >= 0.3 is 5.97 Å². The Bertz CT molecular complexity index is 819. The SMILES string of the molecule is CC(C)C(NC(=O)c1ccc(Br)cc1)C(=O)OCC(=O)c1ccc(Cl)cc1. The number of hydrogen-bond donors (Lipinski definition) is 1. The van der Waals surface area contributed by atoms with E-state index < -0.39 is 18.6 Å². The monoisotopic (exact) mass is 451 g/mol. The molecule has 0 fully saturated rings. The summed E-state index contributed by atoms with van der Waals surface area (Å²) in [6, 6.07) is 12.2. The minimum atomic E-state index is -0.862. The summed E-state index contributed by atoms with van der Waals surface area (Å²) >= 11 is 9.09. The van der Waals surface area contributed by atoms with Gasteiger partial charge in [-0.1, -0.05) is 41.4 Å². The van der Waals surface area contributed by atoms with E-state index >= 15 is 0 Å². The second-order valence-corrected chi connectivity index (χ2v) is 7.59. The lowest BCUT2D eigenvalue weighted by atomic mass is 10.0. The zero-order valence-electron chi connectivity index (χ0n) is 14.9. The molecular formula is C20H19BrClNO4. The molecule has 0 bridgehead atoms. The van der Waals surface area contributed by atoms with Gasteiger partial charge in [0.1, 0.15) is 6.04 Å². The second-order valence-electron chi connectivity index (χ2n) is 6.24. The van der Waals surface area contributed by atoms with Gasteiger partial charge in [-0.25, -0.2) is 4.79 Å². The van der Waals surface area contributed by atoms with E-state index in [9.17, 15) is 14.4 Å². The van der Waals surface area contributed by atoms with Gasteiger partial charge in [-0.2, -0.15) is 0 Å². The third-order valence-electron chi connectivity index (χ3n) is 3.83. The first kappa shape index (κ1) is 21.1. The van der Waals surface area contributed by atoms with Crippen molar-refractivity contribution in [2.75, 3.05) is 6.61 Å². The maximum atomic E-state index is 12.4. The quantitative estimate of drug-likeness (QED) is 0.503. The average molecular weight is 453 g/mol. The summed E-state index contributed by atoms with van der Waals surface area (Å²) in [7, 11) is 0. The maximum absolute atomic E-state index is 12.4. The molecule has 0 heterocycles. The molecule has 0 aromatic heterocycles. The van der Waals surface area contributed by atoms with E-state index in [4.69, 9.17) is 16.3 Å². The minimum absolute atomic E-state index is 0.206. The highest BCUT2D eigenvalue weighted by Crippen LogP contribution is 2.13. The first-order valence-corrected chi connectivity index (χ1v) is 9.47. The Balaban J connectivity index is 1.97. The summed E-state index contributed by atoms with van der Waals surface area (Å²) in [5, 5.41) is 3.18. The summed E-state index contributed by atoms with van der Waals surface area (Å²) in [6.45, 7) is 3.17. The van der Waals surface area contributed by atoms with Crippen LogP contribution in [-0.2, 0) is 9.53 Å². The van der Waals surface area contributed by atoms with Crippen LogP contribution in [0.4, 0.5) is 0 Å². The fourth-order valence-corrected chi connectivity index (χ4v) is 2.66. The smallest absolute Gasteiger partial charge is 0.329 e. The van der Waals surface area contributed by atoms with Gasteiger partial charge in [-0.3, -0.25) is 9.59 Å². The van der Waals surface area contributed by atoms with Crippen LogP contribution in [0.5, 0.6) is 0 Å². The molecule has 1 N–H and O–H groups in total. The molecule has 0 aliphatic carbocycles. The summed E-state index contributed by atoms with van der Waals surface area (Å²) in [6.07, 6.45) is 0. The molecule has 0 aliphatic heterocycles. The van der Waals surface area contributed by atoms with Gasteiger partial charge < -0.3 is 10.1 Å². The highest BCUT2D eigenvalue weighted by Gasteiger charge is 2.27. The molecular weight excluding hydrogens is 434 g/mol.